The molecule has 30 heavy (non-hydrogen) atoms. The van der Waals surface area contributed by atoms with Gasteiger partial charge in [-0.3, -0.25) is 4.79 Å². The minimum atomic E-state index is -0.202. The van der Waals surface area contributed by atoms with Crippen LogP contribution in [0.4, 0.5) is 0 Å². The maximum Gasteiger partial charge on any atom is 0.155 e. The van der Waals surface area contributed by atoms with Gasteiger partial charge in [-0.2, -0.15) is 0 Å². The van der Waals surface area contributed by atoms with Gasteiger partial charge in [0.1, 0.15) is 16.8 Å². The Morgan fingerprint density at radius 3 is 2.63 bits per heavy atom. The van der Waals surface area contributed by atoms with Crippen molar-refractivity contribution in [3.05, 3.63) is 41.5 Å². The number of hydrogen-bond acceptors (Lipinski definition) is 5. The van der Waals surface area contributed by atoms with Gasteiger partial charge >= 0.3 is 0 Å². The van der Waals surface area contributed by atoms with Crippen molar-refractivity contribution < 1.29 is 14.1 Å². The quantitative estimate of drug-likeness (QED) is 0.334. The number of thiol groups is 1. The standard InChI is InChI=1S/C25H32O3S2/c1-24-12-11-17(26)13-16(24)5-8-19-21-9-10-22(27)25(21,2)14-20(23(19)24)15-3-6-18(7-4-15)28-30-29/h3-4,6-7,13,19-23,27,29H,5,8-12,14H2,1-2H3. The van der Waals surface area contributed by atoms with Crippen molar-refractivity contribution in [3.63, 3.8) is 0 Å². The van der Waals surface area contributed by atoms with Crippen molar-refractivity contribution in [3.8, 4) is 5.75 Å². The Bertz CT molecular complexity index is 866. The predicted octanol–water partition coefficient (Wildman–Crippen LogP) is 6.14. The van der Waals surface area contributed by atoms with Crippen LogP contribution < -0.4 is 4.18 Å². The number of allylic oxidation sites excluding steroid dienone is 1. The molecule has 1 aromatic carbocycles. The summed E-state index contributed by atoms with van der Waals surface area (Å²) in [5.41, 5.74) is 2.81. The highest BCUT2D eigenvalue weighted by atomic mass is 33.1. The molecule has 1 N–H and O–H groups in total. The van der Waals surface area contributed by atoms with E-state index in [4.69, 9.17) is 4.18 Å². The van der Waals surface area contributed by atoms with Crippen molar-refractivity contribution in [2.24, 2.45) is 28.6 Å². The Morgan fingerprint density at radius 1 is 1.13 bits per heavy atom. The number of benzene rings is 1. The molecular formula is C25H32O3S2. The summed E-state index contributed by atoms with van der Waals surface area (Å²) in [6.07, 6.45) is 8.72. The topological polar surface area (TPSA) is 46.5 Å². The minimum Gasteiger partial charge on any atom is -0.415 e. The number of hydrogen-bond donors (Lipinski definition) is 2. The highest BCUT2D eigenvalue weighted by Gasteiger charge is 2.62. The average molecular weight is 445 g/mol. The normalized spacial score (nSPS) is 42.7. The zero-order chi connectivity index (χ0) is 21.1. The van der Waals surface area contributed by atoms with Crippen LogP contribution >= 0.6 is 22.7 Å². The van der Waals surface area contributed by atoms with Gasteiger partial charge < -0.3 is 9.29 Å². The first-order valence-electron chi connectivity index (χ1n) is 11.4. The lowest BCUT2D eigenvalue weighted by Crippen LogP contribution is -2.54. The molecule has 7 unspecified atom stereocenters. The third kappa shape index (κ3) is 3.10. The van der Waals surface area contributed by atoms with E-state index < -0.39 is 0 Å². The molecule has 0 bridgehead atoms. The number of rotatable bonds is 3. The van der Waals surface area contributed by atoms with Crippen molar-refractivity contribution in [2.45, 2.75) is 70.8 Å². The Kier molecular flexibility index (Phi) is 5.31. The van der Waals surface area contributed by atoms with Crippen LogP contribution in [0.2, 0.25) is 0 Å². The summed E-state index contributed by atoms with van der Waals surface area (Å²) in [5.74, 6) is 3.25. The minimum absolute atomic E-state index is 0.00990. The molecule has 3 saturated carbocycles. The lowest BCUT2D eigenvalue weighted by Gasteiger charge is -2.61. The Hall–Kier alpha value is -0.910. The zero-order valence-electron chi connectivity index (χ0n) is 17.8. The van der Waals surface area contributed by atoms with Crippen molar-refractivity contribution in [1.29, 1.82) is 0 Å². The summed E-state index contributed by atoms with van der Waals surface area (Å²) >= 11 is 5.15. The third-order valence-corrected chi connectivity index (χ3v) is 9.81. The molecule has 3 nitrogen and oxygen atoms in total. The molecule has 0 heterocycles. The molecule has 0 spiro atoms. The van der Waals surface area contributed by atoms with E-state index in [-0.39, 0.29) is 16.9 Å². The van der Waals surface area contributed by atoms with E-state index >= 15 is 0 Å². The lowest BCUT2D eigenvalue weighted by molar-refractivity contribution is -0.118. The monoisotopic (exact) mass is 444 g/mol. The van der Waals surface area contributed by atoms with Crippen LogP contribution in [0.1, 0.15) is 70.3 Å². The van der Waals surface area contributed by atoms with Gasteiger partial charge in [0.05, 0.1) is 6.10 Å². The SMILES string of the molecule is CC12CCC(=O)C=C1CCC1C2C(c2ccc(OSS)cc2)CC2(C)C(O)CCC12. The second kappa shape index (κ2) is 7.60. The molecule has 1 aromatic rings. The van der Waals surface area contributed by atoms with E-state index in [2.05, 4.69) is 37.6 Å². The van der Waals surface area contributed by atoms with Gasteiger partial charge in [-0.25, -0.2) is 0 Å². The summed E-state index contributed by atoms with van der Waals surface area (Å²) in [6, 6.07) is 8.50. The van der Waals surface area contributed by atoms with E-state index in [0.29, 0.717) is 35.9 Å². The van der Waals surface area contributed by atoms with Gasteiger partial charge in [-0.1, -0.05) is 43.2 Å². The van der Waals surface area contributed by atoms with Crippen LogP contribution in [0, 0.1) is 28.6 Å². The molecular weight excluding hydrogens is 412 g/mol. The summed E-state index contributed by atoms with van der Waals surface area (Å²) in [4.78, 5) is 12.2. The van der Waals surface area contributed by atoms with Crippen molar-refractivity contribution >= 4 is 28.5 Å². The largest absolute Gasteiger partial charge is 0.415 e. The van der Waals surface area contributed by atoms with Gasteiger partial charge in [-0.15, -0.1) is 0 Å². The first-order chi connectivity index (χ1) is 14.4. The van der Waals surface area contributed by atoms with Crippen LogP contribution in [0.15, 0.2) is 35.9 Å². The molecule has 0 aliphatic heterocycles. The number of aliphatic hydroxyl groups is 1. The number of aliphatic hydroxyl groups excluding tert-OH is 1. The molecule has 0 aromatic heterocycles. The van der Waals surface area contributed by atoms with Gasteiger partial charge in [0.25, 0.3) is 0 Å². The van der Waals surface area contributed by atoms with Crippen LogP contribution in [0.25, 0.3) is 0 Å². The first kappa shape index (κ1) is 21.0. The zero-order valence-corrected chi connectivity index (χ0v) is 19.6. The molecule has 0 amide bonds. The van der Waals surface area contributed by atoms with Crippen molar-refractivity contribution in [2.75, 3.05) is 0 Å². The number of carbonyl (C=O) groups excluding carboxylic acids is 1. The Labute approximate surface area is 189 Å². The van der Waals surface area contributed by atoms with E-state index in [1.165, 1.54) is 11.1 Å². The van der Waals surface area contributed by atoms with Gasteiger partial charge in [0.15, 0.2) is 5.78 Å². The molecule has 4 aliphatic carbocycles. The Balaban J connectivity index is 1.59. The van der Waals surface area contributed by atoms with Crippen LogP contribution in [0.5, 0.6) is 5.75 Å². The smallest absolute Gasteiger partial charge is 0.155 e. The van der Waals surface area contributed by atoms with Gasteiger partial charge in [0.2, 0.25) is 0 Å². The second-order valence-corrected chi connectivity index (χ2v) is 11.3. The number of fused-ring (bicyclic) bond motifs is 5. The summed E-state index contributed by atoms with van der Waals surface area (Å²) in [7, 11) is 0. The molecule has 0 saturated heterocycles. The summed E-state index contributed by atoms with van der Waals surface area (Å²) in [5, 5.41) is 11.0. The molecule has 5 heteroatoms. The molecule has 162 valence electrons. The maximum absolute atomic E-state index is 12.2. The number of carbonyl (C=O) groups is 1. The third-order valence-electron chi connectivity index (χ3n) is 9.31. The highest BCUT2D eigenvalue weighted by Crippen LogP contribution is 2.68. The highest BCUT2D eigenvalue weighted by molar-refractivity contribution is 8.66. The van der Waals surface area contributed by atoms with Crippen molar-refractivity contribution in [1.82, 2.24) is 0 Å². The number of ketones is 1. The fourth-order valence-corrected chi connectivity index (χ4v) is 8.31. The van der Waals surface area contributed by atoms with Crippen LogP contribution in [0.3, 0.4) is 0 Å². The lowest BCUT2D eigenvalue weighted by atomic mass is 9.44. The fraction of sp³-hybridized carbons (Fsp3) is 0.640. The molecule has 0 radical (unpaired) electrons. The van der Waals surface area contributed by atoms with E-state index in [0.717, 1.165) is 55.3 Å². The van der Waals surface area contributed by atoms with Gasteiger partial charge in [-0.05, 0) is 96.8 Å². The second-order valence-electron chi connectivity index (χ2n) is 10.5. The van der Waals surface area contributed by atoms with Crippen LogP contribution in [-0.4, -0.2) is 17.0 Å². The van der Waals surface area contributed by atoms with E-state index in [1.54, 1.807) is 0 Å². The summed E-state index contributed by atoms with van der Waals surface area (Å²) in [6.45, 7) is 4.77. The molecule has 5 rings (SSSR count). The predicted molar refractivity (Wildman–Crippen MR) is 124 cm³/mol. The summed E-state index contributed by atoms with van der Waals surface area (Å²) < 4.78 is 5.47. The van der Waals surface area contributed by atoms with Crippen LogP contribution in [-0.2, 0) is 4.79 Å². The Morgan fingerprint density at radius 2 is 1.90 bits per heavy atom. The first-order valence-corrected chi connectivity index (χ1v) is 13.2. The molecule has 3 fully saturated rings. The maximum atomic E-state index is 12.2. The van der Waals surface area contributed by atoms with E-state index in [9.17, 15) is 9.90 Å². The molecule has 7 atom stereocenters. The van der Waals surface area contributed by atoms with E-state index in [1.807, 2.05) is 18.2 Å². The molecule has 4 aliphatic rings. The van der Waals surface area contributed by atoms with Gasteiger partial charge in [0, 0.05) is 6.42 Å². The average Bonchev–Trinajstić information content (AvgIpc) is 3.03. The fourth-order valence-electron chi connectivity index (χ4n) is 7.86.